The summed E-state index contributed by atoms with van der Waals surface area (Å²) in [5.74, 6) is -0.328. The lowest BCUT2D eigenvalue weighted by Crippen LogP contribution is -2.30. The zero-order chi connectivity index (χ0) is 19.9. The molecule has 1 heterocycles. The number of amides is 1. The number of methoxy groups -OCH3 is 1. The molecule has 1 saturated heterocycles. The number of hydrogen-bond donors (Lipinski definition) is 2. The van der Waals surface area contributed by atoms with E-state index in [0.29, 0.717) is 36.6 Å². The average molecular weight is 384 g/mol. The van der Waals surface area contributed by atoms with E-state index in [1.165, 1.54) is 7.11 Å². The van der Waals surface area contributed by atoms with E-state index >= 15 is 0 Å². The summed E-state index contributed by atoms with van der Waals surface area (Å²) >= 11 is 0. The molecule has 3 rings (SSSR count). The first-order valence-electron chi connectivity index (χ1n) is 9.16. The van der Waals surface area contributed by atoms with Crippen LogP contribution in [0.4, 0.5) is 5.69 Å². The average Bonchev–Trinajstić information content (AvgIpc) is 3.22. The van der Waals surface area contributed by atoms with Crippen molar-refractivity contribution in [3.63, 3.8) is 0 Å². The highest BCUT2D eigenvalue weighted by Gasteiger charge is 2.30. The summed E-state index contributed by atoms with van der Waals surface area (Å²) in [6.45, 7) is 0.712. The monoisotopic (exact) mass is 384 g/mol. The molecule has 3 N–H and O–H groups in total. The summed E-state index contributed by atoms with van der Waals surface area (Å²) in [6.07, 6.45) is 0.668. The van der Waals surface area contributed by atoms with Gasteiger partial charge >= 0.3 is 5.97 Å². The summed E-state index contributed by atoms with van der Waals surface area (Å²) < 4.78 is 16.3. The van der Waals surface area contributed by atoms with Gasteiger partial charge in [0.25, 0.3) is 5.91 Å². The number of rotatable bonds is 7. The molecule has 1 aliphatic rings. The van der Waals surface area contributed by atoms with Crippen LogP contribution in [0, 0.1) is 0 Å². The second-order valence-corrected chi connectivity index (χ2v) is 6.53. The van der Waals surface area contributed by atoms with Gasteiger partial charge in [-0.3, -0.25) is 4.79 Å². The Balaban J connectivity index is 1.77. The van der Waals surface area contributed by atoms with Crippen molar-refractivity contribution in [1.29, 1.82) is 0 Å². The van der Waals surface area contributed by atoms with Crippen LogP contribution < -0.4 is 15.8 Å². The third-order valence-corrected chi connectivity index (χ3v) is 4.56. The largest absolute Gasteiger partial charge is 0.487 e. The highest BCUT2D eigenvalue weighted by atomic mass is 16.5. The lowest BCUT2D eigenvalue weighted by molar-refractivity contribution is -0.126. The molecular weight excluding hydrogens is 360 g/mol. The van der Waals surface area contributed by atoms with E-state index in [1.807, 2.05) is 30.3 Å². The van der Waals surface area contributed by atoms with Crippen molar-refractivity contribution >= 4 is 17.6 Å². The topological polar surface area (TPSA) is 99.9 Å². The standard InChI is InChI=1S/C21H24N2O5/c1-26-21(25)15-7-9-18(27-13-14-5-3-2-4-6-14)17(11-15)23-20(24)19-10-8-16(12-22)28-19/h2-7,9,11,16,19H,8,10,12-13,22H2,1H3,(H,23,24)/t16-,19+/m1/s1. The normalized spacial score (nSPS) is 18.5. The predicted octanol–water partition coefficient (Wildman–Crippen LogP) is 2.50. The zero-order valence-electron chi connectivity index (χ0n) is 15.7. The number of nitrogens with two attached hydrogens (primary N) is 1. The Bertz CT molecular complexity index is 825. The molecule has 0 radical (unpaired) electrons. The molecule has 1 fully saturated rings. The Kier molecular flexibility index (Phi) is 6.62. The van der Waals surface area contributed by atoms with Crippen molar-refractivity contribution in [2.24, 2.45) is 5.73 Å². The summed E-state index contributed by atoms with van der Waals surface area (Å²) in [4.78, 5) is 24.5. The van der Waals surface area contributed by atoms with Gasteiger partial charge in [0.2, 0.25) is 0 Å². The van der Waals surface area contributed by atoms with Gasteiger partial charge in [0, 0.05) is 6.54 Å². The number of nitrogens with one attached hydrogen (secondary N) is 1. The van der Waals surface area contributed by atoms with Gasteiger partial charge in [-0.1, -0.05) is 30.3 Å². The molecule has 7 heteroatoms. The van der Waals surface area contributed by atoms with Crippen molar-refractivity contribution in [3.8, 4) is 5.75 Å². The molecule has 1 amide bonds. The van der Waals surface area contributed by atoms with Crippen molar-refractivity contribution in [2.75, 3.05) is 19.0 Å². The quantitative estimate of drug-likeness (QED) is 0.712. The fraction of sp³-hybridized carbons (Fsp3) is 0.333. The maximum absolute atomic E-state index is 12.6. The van der Waals surface area contributed by atoms with Crippen LogP contribution in [0.2, 0.25) is 0 Å². The smallest absolute Gasteiger partial charge is 0.337 e. The van der Waals surface area contributed by atoms with E-state index in [9.17, 15) is 9.59 Å². The van der Waals surface area contributed by atoms with Crippen LogP contribution in [-0.2, 0) is 20.9 Å². The fourth-order valence-corrected chi connectivity index (χ4v) is 3.02. The number of anilines is 1. The van der Waals surface area contributed by atoms with Gasteiger partial charge in [-0.15, -0.1) is 0 Å². The number of carbonyl (C=O) groups excluding carboxylic acids is 2. The summed E-state index contributed by atoms with van der Waals surface area (Å²) in [5, 5.41) is 2.82. The van der Waals surface area contributed by atoms with E-state index in [2.05, 4.69) is 5.32 Å². The number of carbonyl (C=O) groups is 2. The molecule has 7 nitrogen and oxygen atoms in total. The lowest BCUT2D eigenvalue weighted by Gasteiger charge is -2.16. The third-order valence-electron chi connectivity index (χ3n) is 4.56. The van der Waals surface area contributed by atoms with Gasteiger partial charge in [-0.25, -0.2) is 4.79 Å². The zero-order valence-corrected chi connectivity index (χ0v) is 15.7. The minimum atomic E-state index is -0.572. The molecule has 2 aromatic rings. The molecule has 0 aliphatic carbocycles. The third kappa shape index (κ3) is 4.88. The minimum absolute atomic E-state index is 0.106. The van der Waals surface area contributed by atoms with Gasteiger partial charge in [0.1, 0.15) is 18.5 Å². The molecule has 0 unspecified atom stereocenters. The van der Waals surface area contributed by atoms with E-state index in [0.717, 1.165) is 12.0 Å². The molecule has 0 saturated carbocycles. The van der Waals surface area contributed by atoms with Crippen LogP contribution in [0.3, 0.4) is 0 Å². The number of benzene rings is 2. The molecular formula is C21H24N2O5. The van der Waals surface area contributed by atoms with Crippen LogP contribution in [0.25, 0.3) is 0 Å². The van der Waals surface area contributed by atoms with Crippen LogP contribution >= 0.6 is 0 Å². The van der Waals surface area contributed by atoms with Gasteiger partial charge in [0.15, 0.2) is 0 Å². The van der Waals surface area contributed by atoms with Crippen LogP contribution in [0.1, 0.15) is 28.8 Å². The minimum Gasteiger partial charge on any atom is -0.487 e. The number of hydrogen-bond acceptors (Lipinski definition) is 6. The van der Waals surface area contributed by atoms with Gasteiger partial charge in [0.05, 0.1) is 24.5 Å². The van der Waals surface area contributed by atoms with Crippen LogP contribution in [0.15, 0.2) is 48.5 Å². The molecule has 0 aromatic heterocycles. The fourth-order valence-electron chi connectivity index (χ4n) is 3.02. The molecule has 2 aromatic carbocycles. The maximum atomic E-state index is 12.6. The molecule has 2 atom stereocenters. The van der Waals surface area contributed by atoms with Crippen molar-refractivity contribution in [2.45, 2.75) is 31.7 Å². The van der Waals surface area contributed by atoms with Gasteiger partial charge in [-0.05, 0) is 36.6 Å². The summed E-state index contributed by atoms with van der Waals surface area (Å²) in [7, 11) is 1.31. The van der Waals surface area contributed by atoms with Crippen molar-refractivity contribution in [1.82, 2.24) is 0 Å². The Morgan fingerprint density at radius 1 is 1.18 bits per heavy atom. The van der Waals surface area contributed by atoms with E-state index < -0.39 is 12.1 Å². The van der Waals surface area contributed by atoms with Crippen molar-refractivity contribution < 1.29 is 23.8 Å². The molecule has 0 spiro atoms. The first-order chi connectivity index (χ1) is 13.6. The predicted molar refractivity (Wildman–Crippen MR) is 104 cm³/mol. The first kappa shape index (κ1) is 19.9. The Morgan fingerprint density at radius 3 is 2.64 bits per heavy atom. The highest BCUT2D eigenvalue weighted by molar-refractivity contribution is 5.98. The molecule has 0 bridgehead atoms. The Hall–Kier alpha value is -2.90. The number of ether oxygens (including phenoxy) is 3. The second-order valence-electron chi connectivity index (χ2n) is 6.53. The number of esters is 1. The van der Waals surface area contributed by atoms with Gasteiger partial charge in [-0.2, -0.15) is 0 Å². The molecule has 1 aliphatic heterocycles. The summed E-state index contributed by atoms with van der Waals surface area (Å²) in [6, 6.07) is 14.4. The Labute approximate surface area is 163 Å². The van der Waals surface area contributed by atoms with Crippen LogP contribution in [0.5, 0.6) is 5.75 Å². The van der Waals surface area contributed by atoms with Crippen molar-refractivity contribution in [3.05, 3.63) is 59.7 Å². The summed E-state index contributed by atoms with van der Waals surface area (Å²) in [5.41, 5.74) is 7.30. The first-order valence-corrected chi connectivity index (χ1v) is 9.16. The lowest BCUT2D eigenvalue weighted by atomic mass is 10.1. The maximum Gasteiger partial charge on any atom is 0.337 e. The molecule has 148 valence electrons. The van der Waals surface area contributed by atoms with E-state index in [4.69, 9.17) is 19.9 Å². The Morgan fingerprint density at radius 2 is 1.96 bits per heavy atom. The van der Waals surface area contributed by atoms with E-state index in [-0.39, 0.29) is 12.0 Å². The van der Waals surface area contributed by atoms with Crippen LogP contribution in [-0.4, -0.2) is 37.7 Å². The highest BCUT2D eigenvalue weighted by Crippen LogP contribution is 2.29. The van der Waals surface area contributed by atoms with E-state index in [1.54, 1.807) is 18.2 Å². The van der Waals surface area contributed by atoms with Gasteiger partial charge < -0.3 is 25.3 Å². The SMILES string of the molecule is COC(=O)c1ccc(OCc2ccccc2)c(NC(=O)[C@@H]2CC[C@H](CN)O2)c1. The second kappa shape index (κ2) is 9.34. The molecule has 28 heavy (non-hydrogen) atoms.